The molecule has 1 rings (SSSR count). The van der Waals surface area contributed by atoms with Crippen LogP contribution in [0.2, 0.25) is 0 Å². The standard InChI is InChI=1S/C9H8O3/c10-6-8-3-1-7(2-4-8)5-9(11)12/h1-3H,4-5H2,(H,11,12). The van der Waals surface area contributed by atoms with Crippen molar-refractivity contribution in [3.8, 4) is 0 Å². The van der Waals surface area contributed by atoms with E-state index in [0.29, 0.717) is 12.0 Å². The van der Waals surface area contributed by atoms with E-state index in [1.807, 2.05) is 0 Å². The van der Waals surface area contributed by atoms with E-state index in [9.17, 15) is 9.59 Å². The number of hydrogen-bond donors (Lipinski definition) is 1. The van der Waals surface area contributed by atoms with Gasteiger partial charge >= 0.3 is 5.97 Å². The number of hydrogen-bond acceptors (Lipinski definition) is 2. The van der Waals surface area contributed by atoms with E-state index >= 15 is 0 Å². The summed E-state index contributed by atoms with van der Waals surface area (Å²) in [7, 11) is 0. The first-order chi connectivity index (χ1) is 5.72. The van der Waals surface area contributed by atoms with Crippen molar-refractivity contribution in [3.63, 3.8) is 0 Å². The summed E-state index contributed by atoms with van der Waals surface area (Å²) in [6.45, 7) is 0. The van der Waals surface area contributed by atoms with Crippen LogP contribution in [0.1, 0.15) is 12.8 Å². The lowest BCUT2D eigenvalue weighted by molar-refractivity contribution is -0.136. The minimum absolute atomic E-state index is 0.0165. The number of carbonyl (C=O) groups excluding carboxylic acids is 1. The molecule has 0 saturated heterocycles. The monoisotopic (exact) mass is 164 g/mol. The van der Waals surface area contributed by atoms with Crippen molar-refractivity contribution < 1.29 is 14.7 Å². The van der Waals surface area contributed by atoms with E-state index in [2.05, 4.69) is 0 Å². The number of carbonyl (C=O) groups is 1. The molecule has 3 nitrogen and oxygen atoms in total. The minimum atomic E-state index is -0.857. The van der Waals surface area contributed by atoms with Gasteiger partial charge in [0.2, 0.25) is 0 Å². The molecule has 1 aliphatic rings. The number of rotatable bonds is 2. The largest absolute Gasteiger partial charge is 0.481 e. The SMILES string of the molecule is O=C=C1C=CC(CC(=O)O)=CC1. The molecule has 1 aliphatic carbocycles. The third-order valence-electron chi connectivity index (χ3n) is 1.57. The zero-order valence-corrected chi connectivity index (χ0v) is 6.41. The third-order valence-corrected chi connectivity index (χ3v) is 1.57. The summed E-state index contributed by atoms with van der Waals surface area (Å²) < 4.78 is 0. The Morgan fingerprint density at radius 2 is 2.33 bits per heavy atom. The Labute approximate surface area is 69.7 Å². The maximum atomic E-state index is 10.3. The lowest BCUT2D eigenvalue weighted by Gasteiger charge is -2.03. The maximum absolute atomic E-state index is 10.3. The van der Waals surface area contributed by atoms with Crippen molar-refractivity contribution in [3.05, 3.63) is 29.4 Å². The van der Waals surface area contributed by atoms with Gasteiger partial charge in [-0.15, -0.1) is 0 Å². The molecule has 0 fully saturated rings. The number of allylic oxidation sites excluding steroid dienone is 4. The van der Waals surface area contributed by atoms with Gasteiger partial charge < -0.3 is 5.11 Å². The van der Waals surface area contributed by atoms with Crippen LogP contribution in [0.4, 0.5) is 0 Å². The second-order valence-electron chi connectivity index (χ2n) is 2.51. The van der Waals surface area contributed by atoms with Crippen LogP contribution in [0.5, 0.6) is 0 Å². The molecule has 0 aromatic rings. The highest BCUT2D eigenvalue weighted by atomic mass is 16.4. The molecule has 0 amide bonds. The molecular formula is C9H8O3. The zero-order chi connectivity index (χ0) is 8.97. The predicted molar refractivity (Wildman–Crippen MR) is 43.3 cm³/mol. The highest BCUT2D eigenvalue weighted by molar-refractivity contribution is 5.72. The van der Waals surface area contributed by atoms with Gasteiger partial charge in [-0.2, -0.15) is 0 Å². The van der Waals surface area contributed by atoms with Crippen molar-refractivity contribution in [2.45, 2.75) is 12.8 Å². The molecule has 0 aromatic heterocycles. The second kappa shape index (κ2) is 3.69. The summed E-state index contributed by atoms with van der Waals surface area (Å²) in [6.07, 6.45) is 5.47. The van der Waals surface area contributed by atoms with Crippen LogP contribution in [0.25, 0.3) is 0 Å². The summed E-state index contributed by atoms with van der Waals surface area (Å²) in [4.78, 5) is 20.4. The van der Waals surface area contributed by atoms with Crippen LogP contribution in [-0.2, 0) is 9.59 Å². The van der Waals surface area contributed by atoms with Crippen LogP contribution >= 0.6 is 0 Å². The Morgan fingerprint density at radius 1 is 1.58 bits per heavy atom. The Morgan fingerprint density at radius 3 is 2.75 bits per heavy atom. The number of aliphatic carboxylic acids is 1. The quantitative estimate of drug-likeness (QED) is 0.622. The Balaban J connectivity index is 2.64. The van der Waals surface area contributed by atoms with Gasteiger partial charge in [-0.25, -0.2) is 4.79 Å². The topological polar surface area (TPSA) is 54.4 Å². The molecule has 0 atom stereocenters. The van der Waals surface area contributed by atoms with Crippen LogP contribution < -0.4 is 0 Å². The molecule has 1 N–H and O–H groups in total. The molecular weight excluding hydrogens is 156 g/mol. The Hall–Kier alpha value is -1.60. The van der Waals surface area contributed by atoms with Gasteiger partial charge in [-0.1, -0.05) is 12.2 Å². The smallest absolute Gasteiger partial charge is 0.307 e. The molecule has 3 heteroatoms. The van der Waals surface area contributed by atoms with Crippen molar-refractivity contribution in [2.24, 2.45) is 0 Å². The van der Waals surface area contributed by atoms with Gasteiger partial charge in [0, 0.05) is 12.0 Å². The Kier molecular flexibility index (Phi) is 2.62. The third kappa shape index (κ3) is 2.22. The summed E-state index contributed by atoms with van der Waals surface area (Å²) in [5.41, 5.74) is 1.30. The first kappa shape index (κ1) is 8.50. The number of carboxylic acid groups (broad SMARTS) is 1. The van der Waals surface area contributed by atoms with E-state index in [0.717, 1.165) is 5.57 Å². The van der Waals surface area contributed by atoms with Crippen LogP contribution in [0.15, 0.2) is 29.4 Å². The zero-order valence-electron chi connectivity index (χ0n) is 6.41. The van der Waals surface area contributed by atoms with Gasteiger partial charge in [-0.3, -0.25) is 4.79 Å². The summed E-state index contributed by atoms with van der Waals surface area (Å²) in [6, 6.07) is 0. The molecule has 0 aromatic carbocycles. The average molecular weight is 164 g/mol. The van der Waals surface area contributed by atoms with Gasteiger partial charge in [0.25, 0.3) is 0 Å². The molecule has 0 aliphatic heterocycles. The van der Waals surface area contributed by atoms with E-state index < -0.39 is 5.97 Å². The Bertz CT molecular complexity index is 304. The van der Waals surface area contributed by atoms with Crippen LogP contribution in [0, 0.1) is 0 Å². The van der Waals surface area contributed by atoms with Gasteiger partial charge in [0.15, 0.2) is 0 Å². The molecule has 0 bridgehead atoms. The van der Waals surface area contributed by atoms with Crippen molar-refractivity contribution >= 4 is 11.9 Å². The van der Waals surface area contributed by atoms with Crippen molar-refractivity contribution in [1.82, 2.24) is 0 Å². The summed E-state index contributed by atoms with van der Waals surface area (Å²) >= 11 is 0. The van der Waals surface area contributed by atoms with Crippen molar-refractivity contribution in [2.75, 3.05) is 0 Å². The fraction of sp³-hybridized carbons (Fsp3) is 0.222. The normalized spacial score (nSPS) is 15.3. The van der Waals surface area contributed by atoms with Crippen LogP contribution in [-0.4, -0.2) is 17.0 Å². The fourth-order valence-electron chi connectivity index (χ4n) is 0.966. The number of carboxylic acids is 1. The second-order valence-corrected chi connectivity index (χ2v) is 2.51. The van der Waals surface area contributed by atoms with E-state index in [4.69, 9.17) is 5.11 Å². The average Bonchev–Trinajstić information content (AvgIpc) is 2.05. The van der Waals surface area contributed by atoms with E-state index in [1.165, 1.54) is 0 Å². The lowest BCUT2D eigenvalue weighted by Crippen LogP contribution is -1.98. The van der Waals surface area contributed by atoms with Gasteiger partial charge in [0.05, 0.1) is 6.42 Å². The summed E-state index contributed by atoms with van der Waals surface area (Å²) in [5.74, 6) is 0.909. The van der Waals surface area contributed by atoms with Gasteiger partial charge in [-0.05, 0) is 11.6 Å². The lowest BCUT2D eigenvalue weighted by atomic mass is 10.0. The predicted octanol–water partition coefficient (Wildman–Crippen LogP) is 1.11. The molecule has 0 saturated carbocycles. The highest BCUT2D eigenvalue weighted by Gasteiger charge is 2.05. The molecule has 0 unspecified atom stereocenters. The van der Waals surface area contributed by atoms with Crippen LogP contribution in [0.3, 0.4) is 0 Å². The molecule has 0 radical (unpaired) electrons. The van der Waals surface area contributed by atoms with Crippen molar-refractivity contribution in [1.29, 1.82) is 0 Å². The van der Waals surface area contributed by atoms with E-state index in [-0.39, 0.29) is 6.42 Å². The highest BCUT2D eigenvalue weighted by Crippen LogP contribution is 2.15. The maximum Gasteiger partial charge on any atom is 0.307 e. The summed E-state index contributed by atoms with van der Waals surface area (Å²) in [5, 5.41) is 8.43. The first-order valence-electron chi connectivity index (χ1n) is 3.55. The van der Waals surface area contributed by atoms with Gasteiger partial charge in [0.1, 0.15) is 5.94 Å². The van der Waals surface area contributed by atoms with E-state index in [1.54, 1.807) is 24.2 Å². The molecule has 0 heterocycles. The molecule has 12 heavy (non-hydrogen) atoms. The first-order valence-corrected chi connectivity index (χ1v) is 3.55. The minimum Gasteiger partial charge on any atom is -0.481 e. The fourth-order valence-corrected chi connectivity index (χ4v) is 0.966. The molecule has 0 spiro atoms. The molecule has 62 valence electrons.